The third-order valence-electron chi connectivity index (χ3n) is 8.68. The van der Waals surface area contributed by atoms with E-state index in [1.165, 1.54) is 43.1 Å². The summed E-state index contributed by atoms with van der Waals surface area (Å²) in [6, 6.07) is 53.4. The van der Waals surface area contributed by atoms with E-state index in [-0.39, 0.29) is 0 Å². The van der Waals surface area contributed by atoms with E-state index in [0.717, 1.165) is 27.5 Å². The topological polar surface area (TPSA) is 38.7 Å². The summed E-state index contributed by atoms with van der Waals surface area (Å²) in [7, 11) is 0. The second-order valence-electron chi connectivity index (χ2n) is 11.2. The van der Waals surface area contributed by atoms with Crippen LogP contribution in [0.4, 0.5) is 0 Å². The molecule has 0 fully saturated rings. The highest BCUT2D eigenvalue weighted by Crippen LogP contribution is 2.36. The van der Waals surface area contributed by atoms with Gasteiger partial charge in [-0.1, -0.05) is 146 Å². The molecule has 0 N–H and O–H groups in total. The number of fused-ring (bicyclic) bond motifs is 8. The minimum Gasteiger partial charge on any atom is -0.208 e. The zero-order chi connectivity index (χ0) is 29.0. The molecule has 0 saturated heterocycles. The SMILES string of the molecule is c1ccc(-c2nc(-c3ccc4ccc5c6ccccc6ccc5c4c3)nc(-c3cccc4ccc5ccccc5c34)n2)cc1. The fourth-order valence-corrected chi connectivity index (χ4v) is 6.54. The number of aromatic nitrogens is 3. The molecular weight excluding hydrogens is 534 g/mol. The summed E-state index contributed by atoms with van der Waals surface area (Å²) >= 11 is 0. The lowest BCUT2D eigenvalue weighted by atomic mass is 9.96. The number of rotatable bonds is 3. The molecule has 3 heteroatoms. The van der Waals surface area contributed by atoms with Crippen LogP contribution in [-0.4, -0.2) is 15.0 Å². The lowest BCUT2D eigenvalue weighted by molar-refractivity contribution is 1.08. The molecule has 0 aliphatic carbocycles. The maximum absolute atomic E-state index is 5.17. The van der Waals surface area contributed by atoms with Crippen molar-refractivity contribution in [3.8, 4) is 34.2 Å². The van der Waals surface area contributed by atoms with Crippen molar-refractivity contribution >= 4 is 53.9 Å². The molecule has 9 rings (SSSR count). The highest BCUT2D eigenvalue weighted by molar-refractivity contribution is 6.18. The van der Waals surface area contributed by atoms with Crippen LogP contribution < -0.4 is 0 Å². The molecule has 0 spiro atoms. The number of benzene rings is 8. The van der Waals surface area contributed by atoms with Gasteiger partial charge in [0.05, 0.1) is 0 Å². The molecular formula is C41H25N3. The van der Waals surface area contributed by atoms with Crippen molar-refractivity contribution in [2.75, 3.05) is 0 Å². The highest BCUT2D eigenvalue weighted by atomic mass is 15.0. The molecule has 1 heterocycles. The van der Waals surface area contributed by atoms with Gasteiger partial charge in [-0.25, -0.2) is 15.0 Å². The van der Waals surface area contributed by atoms with Gasteiger partial charge in [0.25, 0.3) is 0 Å². The Morgan fingerprint density at radius 3 is 1.66 bits per heavy atom. The summed E-state index contributed by atoms with van der Waals surface area (Å²) in [5.74, 6) is 1.98. The van der Waals surface area contributed by atoms with E-state index in [0.29, 0.717) is 17.5 Å². The summed E-state index contributed by atoms with van der Waals surface area (Å²) in [5, 5.41) is 12.0. The zero-order valence-corrected chi connectivity index (χ0v) is 23.8. The predicted octanol–water partition coefficient (Wildman–Crippen LogP) is 10.6. The molecule has 44 heavy (non-hydrogen) atoms. The van der Waals surface area contributed by atoms with E-state index in [9.17, 15) is 0 Å². The Balaban J connectivity index is 1.31. The summed E-state index contributed by atoms with van der Waals surface area (Å²) in [5.41, 5.74) is 2.92. The molecule has 8 aromatic carbocycles. The van der Waals surface area contributed by atoms with Gasteiger partial charge in [-0.15, -0.1) is 0 Å². The second kappa shape index (κ2) is 9.82. The molecule has 204 valence electrons. The van der Waals surface area contributed by atoms with E-state index in [4.69, 9.17) is 15.0 Å². The zero-order valence-electron chi connectivity index (χ0n) is 23.8. The predicted molar refractivity (Wildman–Crippen MR) is 184 cm³/mol. The van der Waals surface area contributed by atoms with E-state index in [1.54, 1.807) is 0 Å². The fraction of sp³-hybridized carbons (Fsp3) is 0. The van der Waals surface area contributed by atoms with E-state index >= 15 is 0 Å². The summed E-state index contributed by atoms with van der Waals surface area (Å²) < 4.78 is 0. The Kier molecular flexibility index (Phi) is 5.50. The van der Waals surface area contributed by atoms with Crippen molar-refractivity contribution < 1.29 is 0 Å². The van der Waals surface area contributed by atoms with Crippen LogP contribution in [0.1, 0.15) is 0 Å². The minimum atomic E-state index is 0.658. The van der Waals surface area contributed by atoms with Crippen LogP contribution in [0.2, 0.25) is 0 Å². The maximum Gasteiger partial charge on any atom is 0.164 e. The van der Waals surface area contributed by atoms with Crippen LogP contribution in [0.15, 0.2) is 152 Å². The number of hydrogen-bond donors (Lipinski definition) is 0. The molecule has 0 unspecified atom stereocenters. The molecule has 3 nitrogen and oxygen atoms in total. The first kappa shape index (κ1) is 24.6. The molecule has 0 atom stereocenters. The molecule has 0 bridgehead atoms. The second-order valence-corrected chi connectivity index (χ2v) is 11.2. The maximum atomic E-state index is 5.17. The van der Waals surface area contributed by atoms with Gasteiger partial charge in [0.1, 0.15) is 0 Å². The van der Waals surface area contributed by atoms with E-state index in [1.807, 2.05) is 18.2 Å². The van der Waals surface area contributed by atoms with E-state index < -0.39 is 0 Å². The summed E-state index contributed by atoms with van der Waals surface area (Å²) in [6.45, 7) is 0. The number of nitrogens with zero attached hydrogens (tertiary/aromatic N) is 3. The average molecular weight is 560 g/mol. The highest BCUT2D eigenvalue weighted by Gasteiger charge is 2.16. The third kappa shape index (κ3) is 3.94. The Morgan fingerprint density at radius 1 is 0.295 bits per heavy atom. The summed E-state index contributed by atoms with van der Waals surface area (Å²) in [4.78, 5) is 15.3. The van der Waals surface area contributed by atoms with Crippen LogP contribution in [0.25, 0.3) is 88.0 Å². The average Bonchev–Trinajstić information content (AvgIpc) is 3.11. The smallest absolute Gasteiger partial charge is 0.164 e. The van der Waals surface area contributed by atoms with Crippen LogP contribution >= 0.6 is 0 Å². The lowest BCUT2D eigenvalue weighted by Gasteiger charge is -2.13. The largest absolute Gasteiger partial charge is 0.208 e. The molecule has 9 aromatic rings. The van der Waals surface area contributed by atoms with Gasteiger partial charge in [0.15, 0.2) is 17.5 Å². The van der Waals surface area contributed by atoms with Crippen molar-refractivity contribution in [2.45, 2.75) is 0 Å². The first-order valence-electron chi connectivity index (χ1n) is 14.9. The van der Waals surface area contributed by atoms with Crippen molar-refractivity contribution in [1.29, 1.82) is 0 Å². The van der Waals surface area contributed by atoms with Gasteiger partial charge >= 0.3 is 0 Å². The molecule has 1 aromatic heterocycles. The molecule has 0 amide bonds. The molecule has 0 aliphatic heterocycles. The Hall–Kier alpha value is -5.93. The monoisotopic (exact) mass is 559 g/mol. The van der Waals surface area contributed by atoms with Crippen LogP contribution in [0.5, 0.6) is 0 Å². The fourth-order valence-electron chi connectivity index (χ4n) is 6.54. The third-order valence-corrected chi connectivity index (χ3v) is 8.68. The van der Waals surface area contributed by atoms with Crippen LogP contribution in [0.3, 0.4) is 0 Å². The first-order valence-corrected chi connectivity index (χ1v) is 14.9. The molecule has 0 saturated carbocycles. The van der Waals surface area contributed by atoms with E-state index in [2.05, 4.69) is 133 Å². The Bertz CT molecular complexity index is 2550. The summed E-state index contributed by atoms with van der Waals surface area (Å²) in [6.07, 6.45) is 0. The molecule has 0 radical (unpaired) electrons. The van der Waals surface area contributed by atoms with Crippen LogP contribution in [-0.2, 0) is 0 Å². The number of hydrogen-bond acceptors (Lipinski definition) is 3. The van der Waals surface area contributed by atoms with Crippen molar-refractivity contribution in [2.24, 2.45) is 0 Å². The van der Waals surface area contributed by atoms with Gasteiger partial charge in [0, 0.05) is 22.1 Å². The standard InChI is InChI=1S/C41H25N3/c1-2-11-30(12-3-1)39-42-40(44-41(43-39)36-16-8-13-29-19-17-27-10-5-7-15-33(27)38(29)36)31-20-18-28-22-23-34-32-14-6-4-9-26(32)21-24-35(34)37(28)25-31/h1-25H. The normalized spacial score (nSPS) is 11.6. The quantitative estimate of drug-likeness (QED) is 0.202. The molecule has 0 aliphatic rings. The van der Waals surface area contributed by atoms with Gasteiger partial charge in [-0.2, -0.15) is 0 Å². The minimum absolute atomic E-state index is 0.658. The first-order chi connectivity index (χ1) is 21.8. The lowest BCUT2D eigenvalue weighted by Crippen LogP contribution is -2.00. The van der Waals surface area contributed by atoms with Crippen LogP contribution in [0, 0.1) is 0 Å². The van der Waals surface area contributed by atoms with Gasteiger partial charge in [-0.3, -0.25) is 0 Å². The van der Waals surface area contributed by atoms with Gasteiger partial charge in [-0.05, 0) is 54.5 Å². The van der Waals surface area contributed by atoms with Gasteiger partial charge < -0.3 is 0 Å². The van der Waals surface area contributed by atoms with Crippen molar-refractivity contribution in [3.63, 3.8) is 0 Å². The Morgan fingerprint density at radius 2 is 0.841 bits per heavy atom. The van der Waals surface area contributed by atoms with Crippen molar-refractivity contribution in [1.82, 2.24) is 15.0 Å². The Labute approximate surface area is 254 Å². The van der Waals surface area contributed by atoms with Crippen molar-refractivity contribution in [3.05, 3.63) is 152 Å². The van der Waals surface area contributed by atoms with Gasteiger partial charge in [0.2, 0.25) is 0 Å².